The van der Waals surface area contributed by atoms with Crippen LogP contribution in [0.5, 0.6) is 10.9 Å². The summed E-state index contributed by atoms with van der Waals surface area (Å²) in [4.78, 5) is 0. The van der Waals surface area contributed by atoms with Crippen LogP contribution in [0.2, 0.25) is 0 Å². The molecule has 0 unspecified atom stereocenters. The normalized spacial score (nSPS) is 10.9. The van der Waals surface area contributed by atoms with Gasteiger partial charge in [-0.25, -0.2) is 0 Å². The molecule has 0 saturated heterocycles. The molecule has 0 fully saturated rings. The molecule has 6 heteroatoms. The second-order valence-electron chi connectivity index (χ2n) is 4.06. The summed E-state index contributed by atoms with van der Waals surface area (Å²) >= 11 is 4.70. The molecule has 0 spiro atoms. The Bertz CT molecular complexity index is 543. The van der Waals surface area contributed by atoms with Crippen molar-refractivity contribution in [1.29, 1.82) is 0 Å². The summed E-state index contributed by atoms with van der Waals surface area (Å²) in [6.07, 6.45) is 0. The molecule has 0 aliphatic heterocycles. The quantitative estimate of drug-likeness (QED) is 0.929. The van der Waals surface area contributed by atoms with Crippen molar-refractivity contribution in [3.63, 3.8) is 0 Å². The Kier molecular flexibility index (Phi) is 4.31. The van der Waals surface area contributed by atoms with Crippen molar-refractivity contribution in [3.8, 4) is 10.9 Å². The van der Waals surface area contributed by atoms with Gasteiger partial charge in [0.25, 0.3) is 5.19 Å². The van der Waals surface area contributed by atoms with Gasteiger partial charge in [-0.1, -0.05) is 46.2 Å². The molecule has 0 aliphatic rings. The number of halogens is 1. The van der Waals surface area contributed by atoms with E-state index in [0.717, 1.165) is 15.8 Å². The summed E-state index contributed by atoms with van der Waals surface area (Å²) in [7, 11) is 0. The molecule has 4 nitrogen and oxygen atoms in total. The third-order valence-corrected chi connectivity index (χ3v) is 3.65. The first-order chi connectivity index (χ1) is 8.60. The molecule has 0 aliphatic carbocycles. The Morgan fingerprint density at radius 1 is 1.39 bits per heavy atom. The lowest BCUT2D eigenvalue weighted by atomic mass is 10.0. The molecule has 0 amide bonds. The number of ether oxygens (including phenoxy) is 1. The van der Waals surface area contributed by atoms with Gasteiger partial charge in [-0.15, -0.1) is 5.10 Å². The van der Waals surface area contributed by atoms with Crippen molar-refractivity contribution >= 4 is 27.3 Å². The molecule has 1 aromatic carbocycles. The summed E-state index contributed by atoms with van der Waals surface area (Å²) in [5.41, 5.74) is 1.10. The second-order valence-corrected chi connectivity index (χ2v) is 6.00. The first kappa shape index (κ1) is 13.5. The first-order valence-corrected chi connectivity index (χ1v) is 7.11. The maximum atomic E-state index is 8.94. The Hall–Kier alpha value is -0.980. The van der Waals surface area contributed by atoms with Crippen LogP contribution in [0, 0.1) is 0 Å². The number of aromatic nitrogens is 2. The SMILES string of the molecule is CC(C)c1cc(Br)ccc1Oc1nnc(CO)s1. The van der Waals surface area contributed by atoms with Crippen molar-refractivity contribution in [3.05, 3.63) is 33.2 Å². The number of hydrogen-bond acceptors (Lipinski definition) is 5. The molecule has 2 aromatic rings. The fourth-order valence-electron chi connectivity index (χ4n) is 1.50. The van der Waals surface area contributed by atoms with Crippen LogP contribution in [0.3, 0.4) is 0 Å². The van der Waals surface area contributed by atoms with E-state index in [1.807, 2.05) is 18.2 Å². The first-order valence-electron chi connectivity index (χ1n) is 5.50. The van der Waals surface area contributed by atoms with Crippen LogP contribution in [-0.2, 0) is 6.61 Å². The fraction of sp³-hybridized carbons (Fsp3) is 0.333. The molecular weight excluding hydrogens is 316 g/mol. The van der Waals surface area contributed by atoms with Gasteiger partial charge in [0.05, 0.1) is 6.61 Å². The highest BCUT2D eigenvalue weighted by Crippen LogP contribution is 2.33. The van der Waals surface area contributed by atoms with Crippen LogP contribution in [0.25, 0.3) is 0 Å². The smallest absolute Gasteiger partial charge is 0.299 e. The number of hydrogen-bond donors (Lipinski definition) is 1. The molecule has 0 bridgehead atoms. The molecule has 0 radical (unpaired) electrons. The van der Waals surface area contributed by atoms with E-state index in [-0.39, 0.29) is 6.61 Å². The minimum Gasteiger partial charge on any atom is -0.429 e. The summed E-state index contributed by atoms with van der Waals surface area (Å²) in [5.74, 6) is 1.12. The Morgan fingerprint density at radius 2 is 2.17 bits per heavy atom. The lowest BCUT2D eigenvalue weighted by molar-refractivity contribution is 0.280. The number of nitrogens with zero attached hydrogens (tertiary/aromatic N) is 2. The Morgan fingerprint density at radius 3 is 2.78 bits per heavy atom. The van der Waals surface area contributed by atoms with Gasteiger partial charge in [0.15, 0.2) is 0 Å². The van der Waals surface area contributed by atoms with Gasteiger partial charge in [0.1, 0.15) is 10.8 Å². The zero-order valence-electron chi connectivity index (χ0n) is 10.1. The second kappa shape index (κ2) is 5.77. The van der Waals surface area contributed by atoms with Crippen molar-refractivity contribution < 1.29 is 9.84 Å². The predicted octanol–water partition coefficient (Wildman–Crippen LogP) is 3.71. The van der Waals surface area contributed by atoms with Crippen LogP contribution >= 0.6 is 27.3 Å². The molecule has 2 rings (SSSR count). The van der Waals surface area contributed by atoms with Crippen LogP contribution in [0.15, 0.2) is 22.7 Å². The highest BCUT2D eigenvalue weighted by Gasteiger charge is 2.12. The van der Waals surface area contributed by atoms with E-state index in [9.17, 15) is 0 Å². The van der Waals surface area contributed by atoms with E-state index < -0.39 is 0 Å². The predicted molar refractivity (Wildman–Crippen MR) is 74.1 cm³/mol. The molecule has 96 valence electrons. The summed E-state index contributed by atoms with van der Waals surface area (Å²) in [5, 5.41) is 17.6. The minimum atomic E-state index is -0.113. The average Bonchev–Trinajstić information content (AvgIpc) is 2.79. The topological polar surface area (TPSA) is 55.2 Å². The third kappa shape index (κ3) is 3.07. The van der Waals surface area contributed by atoms with Crippen LogP contribution in [0.1, 0.15) is 30.3 Å². The summed E-state index contributed by atoms with van der Waals surface area (Å²) < 4.78 is 6.74. The van der Waals surface area contributed by atoms with Crippen LogP contribution in [-0.4, -0.2) is 15.3 Å². The van der Waals surface area contributed by atoms with Crippen molar-refractivity contribution in [2.75, 3.05) is 0 Å². The fourth-order valence-corrected chi connectivity index (χ4v) is 2.44. The molecule has 0 atom stereocenters. The van der Waals surface area contributed by atoms with Crippen LogP contribution < -0.4 is 4.74 Å². The van der Waals surface area contributed by atoms with E-state index in [2.05, 4.69) is 40.0 Å². The van der Waals surface area contributed by atoms with Gasteiger partial charge in [0.2, 0.25) is 0 Å². The van der Waals surface area contributed by atoms with Gasteiger partial charge >= 0.3 is 0 Å². The summed E-state index contributed by atoms with van der Waals surface area (Å²) in [6, 6.07) is 5.86. The zero-order valence-corrected chi connectivity index (χ0v) is 12.5. The molecule has 18 heavy (non-hydrogen) atoms. The lowest BCUT2D eigenvalue weighted by Gasteiger charge is -2.12. The van der Waals surface area contributed by atoms with Gasteiger partial charge in [-0.05, 0) is 29.7 Å². The minimum absolute atomic E-state index is 0.113. The zero-order chi connectivity index (χ0) is 13.1. The summed E-state index contributed by atoms with van der Waals surface area (Å²) in [6.45, 7) is 4.10. The van der Waals surface area contributed by atoms with Crippen LogP contribution in [0.4, 0.5) is 0 Å². The maximum Gasteiger partial charge on any atom is 0.299 e. The van der Waals surface area contributed by atoms with E-state index in [1.54, 1.807) is 0 Å². The highest BCUT2D eigenvalue weighted by molar-refractivity contribution is 9.10. The lowest BCUT2D eigenvalue weighted by Crippen LogP contribution is -1.93. The van der Waals surface area contributed by atoms with E-state index >= 15 is 0 Å². The van der Waals surface area contributed by atoms with Crippen molar-refractivity contribution in [2.45, 2.75) is 26.4 Å². The molecule has 1 N–H and O–H groups in total. The highest BCUT2D eigenvalue weighted by atomic mass is 79.9. The largest absolute Gasteiger partial charge is 0.429 e. The number of benzene rings is 1. The molecule has 1 aromatic heterocycles. The average molecular weight is 329 g/mol. The number of aliphatic hydroxyl groups excluding tert-OH is 1. The molecule has 1 heterocycles. The van der Waals surface area contributed by atoms with E-state index in [1.165, 1.54) is 11.3 Å². The molecular formula is C12H13BrN2O2S. The number of rotatable bonds is 4. The Labute approximate surface area is 118 Å². The van der Waals surface area contributed by atoms with E-state index in [0.29, 0.717) is 16.1 Å². The van der Waals surface area contributed by atoms with Gasteiger partial charge in [0, 0.05) is 4.47 Å². The van der Waals surface area contributed by atoms with Gasteiger partial charge in [-0.3, -0.25) is 0 Å². The standard InChI is InChI=1S/C12H13BrN2O2S/c1-7(2)9-5-8(13)3-4-10(9)17-12-15-14-11(6-16)18-12/h3-5,7,16H,6H2,1-2H3. The third-order valence-electron chi connectivity index (χ3n) is 2.37. The maximum absolute atomic E-state index is 8.94. The monoisotopic (exact) mass is 328 g/mol. The van der Waals surface area contributed by atoms with Gasteiger partial charge < -0.3 is 9.84 Å². The van der Waals surface area contributed by atoms with Crippen molar-refractivity contribution in [1.82, 2.24) is 10.2 Å². The van der Waals surface area contributed by atoms with Gasteiger partial charge in [-0.2, -0.15) is 0 Å². The Balaban J connectivity index is 2.28. The number of aliphatic hydroxyl groups is 1. The van der Waals surface area contributed by atoms with Crippen molar-refractivity contribution in [2.24, 2.45) is 0 Å². The molecule has 0 saturated carbocycles. The van der Waals surface area contributed by atoms with E-state index in [4.69, 9.17) is 9.84 Å².